The number of hydrogen-bond acceptors (Lipinski definition) is 16. The molecule has 0 spiro atoms. The average Bonchev–Trinajstić information content (AvgIpc) is 2.95. The van der Waals surface area contributed by atoms with Gasteiger partial charge in [0.05, 0.1) is 21.2 Å². The lowest BCUT2D eigenvalue weighted by atomic mass is 10.0. The summed E-state index contributed by atoms with van der Waals surface area (Å²) in [5.74, 6) is 0. The zero-order valence-electron chi connectivity index (χ0n) is 22.7. The van der Waals surface area contributed by atoms with Crippen LogP contribution in [0.3, 0.4) is 0 Å². The second kappa shape index (κ2) is 12.1. The minimum Gasteiger partial charge on any atom is -0.397 e. The Kier molecular flexibility index (Phi) is 8.64. The summed E-state index contributed by atoms with van der Waals surface area (Å²) in [4.78, 5) is 19.2. The van der Waals surface area contributed by atoms with E-state index in [0.29, 0.717) is 0 Å². The van der Waals surface area contributed by atoms with Crippen LogP contribution in [0.15, 0.2) is 90.9 Å². The summed E-state index contributed by atoms with van der Waals surface area (Å²) in [6, 6.07) is 10.5. The molecule has 0 radical (unpaired) electrons. The molecule has 0 aromatic heterocycles. The minimum absolute atomic E-state index is 0.000930. The molecule has 46 heavy (non-hydrogen) atoms. The highest BCUT2D eigenvalue weighted by molar-refractivity contribution is 7.86. The van der Waals surface area contributed by atoms with Crippen molar-refractivity contribution in [2.75, 3.05) is 22.9 Å². The van der Waals surface area contributed by atoms with Crippen molar-refractivity contribution in [3.8, 4) is 11.1 Å². The van der Waals surface area contributed by atoms with Crippen LogP contribution >= 0.6 is 0 Å². The summed E-state index contributed by atoms with van der Waals surface area (Å²) in [6.07, 6.45) is 0. The summed E-state index contributed by atoms with van der Waals surface area (Å²) in [7, 11) is -9.99. The van der Waals surface area contributed by atoms with Crippen LogP contribution in [-0.4, -0.2) is 35.8 Å². The lowest BCUT2D eigenvalue weighted by Crippen LogP contribution is -2.00. The number of nitrogens with two attached hydrogens (primary N) is 4. The highest BCUT2D eigenvalue weighted by Gasteiger charge is 2.22. The normalized spacial score (nSPS) is 12.1. The molecule has 0 unspecified atom stereocenters. The number of nitro groups is 2. The molecule has 238 valence electrons. The Morgan fingerprint density at radius 3 is 1.15 bits per heavy atom. The van der Waals surface area contributed by atoms with E-state index >= 15 is 0 Å². The highest BCUT2D eigenvalue weighted by atomic mass is 32.2. The first-order valence-electron chi connectivity index (χ1n) is 12.1. The Balaban J connectivity index is 1.78. The molecule has 0 fully saturated rings. The first-order chi connectivity index (χ1) is 21.4. The Bertz CT molecular complexity index is 2070. The molecule has 4 rings (SSSR count). The third-order valence-corrected chi connectivity index (χ3v) is 7.85. The molecule has 0 aliphatic carbocycles. The van der Waals surface area contributed by atoms with Gasteiger partial charge in [0.15, 0.2) is 0 Å². The van der Waals surface area contributed by atoms with Crippen LogP contribution in [0.5, 0.6) is 0 Å². The third kappa shape index (κ3) is 6.99. The molecule has 0 bridgehead atoms. The smallest absolute Gasteiger partial charge is 0.296 e. The Hall–Kier alpha value is -6.10. The lowest BCUT2D eigenvalue weighted by molar-refractivity contribution is -0.384. The fourth-order valence-corrected chi connectivity index (χ4v) is 5.19. The van der Waals surface area contributed by atoms with Crippen LogP contribution in [0.1, 0.15) is 0 Å². The molecule has 0 heterocycles. The lowest BCUT2D eigenvalue weighted by Gasteiger charge is -2.09. The van der Waals surface area contributed by atoms with Gasteiger partial charge in [0.25, 0.3) is 31.6 Å². The zero-order chi connectivity index (χ0) is 34.1. The SMILES string of the molecule is Nc1cc(N)c([N+](=O)[O-])cc1N=Nc1ccc(-c2ccc(N=Nc3cc([N+](=O)[O-])c(N)cc3N)c(S(=O)(=O)O)c2)cc1S(=O)(=O)O. The van der Waals surface area contributed by atoms with E-state index in [4.69, 9.17) is 22.9 Å². The van der Waals surface area contributed by atoms with Gasteiger partial charge in [0.2, 0.25) is 0 Å². The molecule has 0 aliphatic rings. The maximum atomic E-state index is 12.2. The van der Waals surface area contributed by atoms with E-state index in [1.165, 1.54) is 12.1 Å². The van der Waals surface area contributed by atoms with E-state index in [-0.39, 0.29) is 45.3 Å². The highest BCUT2D eigenvalue weighted by Crippen LogP contribution is 2.38. The summed E-state index contributed by atoms with van der Waals surface area (Å²) >= 11 is 0. The number of nitrogens with zero attached hydrogens (tertiary/aromatic N) is 6. The summed E-state index contributed by atoms with van der Waals surface area (Å²) in [6.45, 7) is 0. The van der Waals surface area contributed by atoms with Crippen LogP contribution in [0.2, 0.25) is 0 Å². The van der Waals surface area contributed by atoms with Crippen molar-refractivity contribution in [1.82, 2.24) is 0 Å². The minimum atomic E-state index is -4.99. The van der Waals surface area contributed by atoms with E-state index in [0.717, 1.165) is 48.5 Å². The van der Waals surface area contributed by atoms with Gasteiger partial charge < -0.3 is 22.9 Å². The molecule has 0 aliphatic heterocycles. The molecule has 0 saturated carbocycles. The first kappa shape index (κ1) is 32.8. The van der Waals surface area contributed by atoms with E-state index in [2.05, 4.69) is 20.5 Å². The predicted octanol–water partition coefficient (Wildman–Crippen LogP) is 4.82. The molecular formula is C24H20N10O10S2. The monoisotopic (exact) mass is 672 g/mol. The number of hydrogen-bond donors (Lipinski definition) is 6. The molecule has 4 aromatic carbocycles. The number of anilines is 4. The topological polar surface area (TPSA) is 349 Å². The Morgan fingerprint density at radius 1 is 0.522 bits per heavy atom. The molecule has 0 atom stereocenters. The van der Waals surface area contributed by atoms with E-state index in [9.17, 15) is 46.2 Å². The van der Waals surface area contributed by atoms with Crippen molar-refractivity contribution in [2.24, 2.45) is 20.5 Å². The maximum absolute atomic E-state index is 12.2. The Labute approximate surface area is 257 Å². The number of rotatable bonds is 9. The second-order valence-electron chi connectivity index (χ2n) is 9.17. The predicted molar refractivity (Wildman–Crippen MR) is 164 cm³/mol. The van der Waals surface area contributed by atoms with E-state index < -0.39 is 62.6 Å². The van der Waals surface area contributed by atoms with Crippen molar-refractivity contribution in [2.45, 2.75) is 9.79 Å². The molecule has 10 N–H and O–H groups in total. The van der Waals surface area contributed by atoms with Crippen LogP contribution in [0, 0.1) is 20.2 Å². The van der Waals surface area contributed by atoms with Gasteiger partial charge in [0.1, 0.15) is 43.9 Å². The molecular weight excluding hydrogens is 652 g/mol. The molecule has 20 nitrogen and oxygen atoms in total. The van der Waals surface area contributed by atoms with Gasteiger partial charge in [-0.1, -0.05) is 12.1 Å². The van der Waals surface area contributed by atoms with E-state index in [1.54, 1.807) is 0 Å². The molecule has 0 amide bonds. The first-order valence-corrected chi connectivity index (χ1v) is 15.0. The van der Waals surface area contributed by atoms with Crippen molar-refractivity contribution in [3.05, 3.63) is 80.9 Å². The van der Waals surface area contributed by atoms with Gasteiger partial charge in [-0.3, -0.25) is 29.3 Å². The number of azo groups is 2. The van der Waals surface area contributed by atoms with Crippen LogP contribution < -0.4 is 22.9 Å². The van der Waals surface area contributed by atoms with Gasteiger partial charge >= 0.3 is 0 Å². The largest absolute Gasteiger partial charge is 0.397 e. The number of nitrogen functional groups attached to an aromatic ring is 4. The van der Waals surface area contributed by atoms with Crippen LogP contribution in [0.25, 0.3) is 11.1 Å². The fourth-order valence-electron chi connectivity index (χ4n) is 3.89. The average molecular weight is 673 g/mol. The fraction of sp³-hybridized carbons (Fsp3) is 0. The standard InChI is InChI=1S/C24H20N10O10S2/c25-13-7-15(27)21(33(35)36)9-19(13)31-29-17-3-1-11(5-23(17)45(39,40)41)12-2-4-18(24(6-12)46(42,43)44)30-32-20-10-22(34(37)38)16(28)8-14(20)26/h1-10H,25-28H2,(H,39,40,41)(H,42,43,44). The van der Waals surface area contributed by atoms with Crippen molar-refractivity contribution in [1.29, 1.82) is 0 Å². The number of nitro benzene ring substituents is 2. The third-order valence-electron chi connectivity index (χ3n) is 6.09. The van der Waals surface area contributed by atoms with Crippen LogP contribution in [-0.2, 0) is 20.2 Å². The van der Waals surface area contributed by atoms with E-state index in [1.807, 2.05) is 0 Å². The van der Waals surface area contributed by atoms with Gasteiger partial charge in [-0.2, -0.15) is 16.8 Å². The van der Waals surface area contributed by atoms with Gasteiger partial charge in [-0.05, 0) is 47.5 Å². The summed E-state index contributed by atoms with van der Waals surface area (Å²) < 4.78 is 68.6. The van der Waals surface area contributed by atoms with Crippen LogP contribution in [0.4, 0.5) is 56.9 Å². The van der Waals surface area contributed by atoms with Crippen molar-refractivity contribution < 1.29 is 35.8 Å². The molecule has 4 aromatic rings. The Morgan fingerprint density at radius 2 is 0.848 bits per heavy atom. The van der Waals surface area contributed by atoms with Crippen molar-refractivity contribution in [3.63, 3.8) is 0 Å². The maximum Gasteiger partial charge on any atom is 0.296 e. The van der Waals surface area contributed by atoms with Gasteiger partial charge in [-0.25, -0.2) is 0 Å². The molecule has 0 saturated heterocycles. The molecule has 22 heteroatoms. The quantitative estimate of drug-likeness (QED) is 0.0456. The number of benzene rings is 4. The van der Waals surface area contributed by atoms with Crippen molar-refractivity contribution >= 4 is 77.1 Å². The summed E-state index contributed by atoms with van der Waals surface area (Å²) in [5, 5.41) is 37.3. The van der Waals surface area contributed by atoms with Gasteiger partial charge in [-0.15, -0.1) is 20.5 Å². The van der Waals surface area contributed by atoms with Gasteiger partial charge in [0, 0.05) is 12.1 Å². The summed E-state index contributed by atoms with van der Waals surface area (Å²) in [5.41, 5.74) is 19.6. The second-order valence-corrected chi connectivity index (χ2v) is 11.9. The zero-order valence-corrected chi connectivity index (χ0v) is 24.4.